The highest BCUT2D eigenvalue weighted by molar-refractivity contribution is 9.10. The van der Waals surface area contributed by atoms with E-state index in [9.17, 15) is 13.2 Å². The summed E-state index contributed by atoms with van der Waals surface area (Å²) < 4.78 is 27.7. The number of benzene rings is 1. The van der Waals surface area contributed by atoms with E-state index >= 15 is 0 Å². The van der Waals surface area contributed by atoms with Gasteiger partial charge in [0.05, 0.1) is 4.90 Å². The first-order chi connectivity index (χ1) is 12.5. The van der Waals surface area contributed by atoms with Gasteiger partial charge in [-0.1, -0.05) is 22.0 Å². The summed E-state index contributed by atoms with van der Waals surface area (Å²) in [6.45, 7) is 1.47. The first-order valence-electron chi connectivity index (χ1n) is 8.39. The van der Waals surface area contributed by atoms with Crippen LogP contribution in [0.4, 0.5) is 0 Å². The van der Waals surface area contributed by atoms with Gasteiger partial charge in [-0.2, -0.15) is 4.31 Å². The van der Waals surface area contributed by atoms with Crippen molar-refractivity contribution in [3.8, 4) is 0 Å². The van der Waals surface area contributed by atoms with Crippen LogP contribution in [-0.2, 0) is 21.2 Å². The third-order valence-electron chi connectivity index (χ3n) is 4.39. The Kier molecular flexibility index (Phi) is 6.05. The van der Waals surface area contributed by atoms with Crippen molar-refractivity contribution in [2.45, 2.75) is 17.7 Å². The van der Waals surface area contributed by atoms with Crippen LogP contribution in [0.1, 0.15) is 12.0 Å². The number of hydrogen-bond acceptors (Lipinski definition) is 4. The Morgan fingerprint density at radius 3 is 2.38 bits per heavy atom. The lowest BCUT2D eigenvalue weighted by Crippen LogP contribution is -2.50. The van der Waals surface area contributed by atoms with Crippen molar-refractivity contribution in [3.05, 3.63) is 58.8 Å². The smallest absolute Gasteiger partial charge is 0.243 e. The van der Waals surface area contributed by atoms with Gasteiger partial charge < -0.3 is 4.90 Å². The van der Waals surface area contributed by atoms with Gasteiger partial charge in [-0.05, 0) is 42.3 Å². The highest BCUT2D eigenvalue weighted by Gasteiger charge is 2.29. The first kappa shape index (κ1) is 19.0. The predicted molar refractivity (Wildman–Crippen MR) is 102 cm³/mol. The molecule has 0 aliphatic carbocycles. The minimum Gasteiger partial charge on any atom is -0.340 e. The Bertz CT molecular complexity index is 849. The van der Waals surface area contributed by atoms with Crippen LogP contribution < -0.4 is 0 Å². The summed E-state index contributed by atoms with van der Waals surface area (Å²) in [5.74, 6) is 0.0505. The number of aryl methyl sites for hydroxylation is 1. The van der Waals surface area contributed by atoms with Crippen molar-refractivity contribution in [1.29, 1.82) is 0 Å². The number of nitrogens with zero attached hydrogens (tertiary/aromatic N) is 3. The van der Waals surface area contributed by atoms with Crippen molar-refractivity contribution in [2.24, 2.45) is 0 Å². The van der Waals surface area contributed by atoms with Crippen molar-refractivity contribution in [1.82, 2.24) is 14.2 Å². The zero-order valence-electron chi connectivity index (χ0n) is 14.2. The van der Waals surface area contributed by atoms with Crippen molar-refractivity contribution in [2.75, 3.05) is 26.2 Å². The normalized spacial score (nSPS) is 15.8. The van der Waals surface area contributed by atoms with E-state index in [1.807, 2.05) is 12.1 Å². The third kappa shape index (κ3) is 4.49. The van der Waals surface area contributed by atoms with Crippen LogP contribution in [0.25, 0.3) is 0 Å². The Hall–Kier alpha value is -1.77. The Morgan fingerprint density at radius 2 is 1.77 bits per heavy atom. The molecule has 6 nitrogen and oxygen atoms in total. The standard InChI is InChI=1S/C18H20BrN3O3S/c19-16-4-6-17(7-5-16)26(24,25)22-12-10-21(11-13-22)18(23)8-3-15-2-1-9-20-14-15/h1-2,4-7,9,14H,3,8,10-13H2. The lowest BCUT2D eigenvalue weighted by molar-refractivity contribution is -0.132. The SMILES string of the molecule is O=C(CCc1cccnc1)N1CCN(S(=O)(=O)c2ccc(Br)cc2)CC1. The van der Waals surface area contributed by atoms with Crippen LogP contribution in [0, 0.1) is 0 Å². The summed E-state index contributed by atoms with van der Waals surface area (Å²) in [4.78, 5) is 18.4. The van der Waals surface area contributed by atoms with Crippen LogP contribution in [0.2, 0.25) is 0 Å². The van der Waals surface area contributed by atoms with Gasteiger partial charge in [0.25, 0.3) is 0 Å². The molecule has 0 atom stereocenters. The molecule has 2 aromatic rings. The topological polar surface area (TPSA) is 70.6 Å². The molecule has 1 aliphatic rings. The Balaban J connectivity index is 1.55. The molecule has 0 spiro atoms. The van der Waals surface area contributed by atoms with E-state index in [2.05, 4.69) is 20.9 Å². The van der Waals surface area contributed by atoms with Gasteiger partial charge in [0, 0.05) is 49.5 Å². The molecule has 8 heteroatoms. The van der Waals surface area contributed by atoms with E-state index in [-0.39, 0.29) is 10.8 Å². The number of sulfonamides is 1. The molecule has 0 saturated carbocycles. The number of carbonyl (C=O) groups is 1. The number of amides is 1. The molecule has 0 unspecified atom stereocenters. The fourth-order valence-electron chi connectivity index (χ4n) is 2.89. The van der Waals surface area contributed by atoms with Crippen LogP contribution in [0.5, 0.6) is 0 Å². The molecule has 26 heavy (non-hydrogen) atoms. The zero-order valence-corrected chi connectivity index (χ0v) is 16.6. The average molecular weight is 438 g/mol. The maximum Gasteiger partial charge on any atom is 0.243 e. The van der Waals surface area contributed by atoms with E-state index in [1.165, 1.54) is 4.31 Å². The van der Waals surface area contributed by atoms with E-state index in [0.717, 1.165) is 10.0 Å². The highest BCUT2D eigenvalue weighted by atomic mass is 79.9. The summed E-state index contributed by atoms with van der Waals surface area (Å²) in [6.07, 6.45) is 4.52. The van der Waals surface area contributed by atoms with Gasteiger partial charge in [-0.15, -0.1) is 0 Å². The molecular weight excluding hydrogens is 418 g/mol. The number of pyridine rings is 1. The van der Waals surface area contributed by atoms with Crippen LogP contribution in [0.3, 0.4) is 0 Å². The predicted octanol–water partition coefficient (Wildman–Crippen LogP) is 2.31. The summed E-state index contributed by atoms with van der Waals surface area (Å²) in [7, 11) is -3.52. The summed E-state index contributed by atoms with van der Waals surface area (Å²) in [5.41, 5.74) is 1.03. The lowest BCUT2D eigenvalue weighted by Gasteiger charge is -2.34. The summed E-state index contributed by atoms with van der Waals surface area (Å²) in [5, 5.41) is 0. The second-order valence-corrected chi connectivity index (χ2v) is 8.95. The van der Waals surface area contributed by atoms with Crippen molar-refractivity contribution < 1.29 is 13.2 Å². The van der Waals surface area contributed by atoms with Crippen molar-refractivity contribution >= 4 is 31.9 Å². The third-order valence-corrected chi connectivity index (χ3v) is 6.83. The average Bonchev–Trinajstić information content (AvgIpc) is 2.67. The quantitative estimate of drug-likeness (QED) is 0.719. The largest absolute Gasteiger partial charge is 0.340 e. The maximum absolute atomic E-state index is 12.7. The fraction of sp³-hybridized carbons (Fsp3) is 0.333. The zero-order chi connectivity index (χ0) is 18.6. The molecule has 3 rings (SSSR count). The molecule has 0 N–H and O–H groups in total. The number of carbonyl (C=O) groups excluding carboxylic acids is 1. The molecule has 0 bridgehead atoms. The molecule has 1 aromatic carbocycles. The highest BCUT2D eigenvalue weighted by Crippen LogP contribution is 2.20. The van der Waals surface area contributed by atoms with Crippen LogP contribution >= 0.6 is 15.9 Å². The van der Waals surface area contributed by atoms with Crippen LogP contribution in [-0.4, -0.2) is 54.7 Å². The molecule has 2 heterocycles. The van der Waals surface area contributed by atoms with E-state index in [0.29, 0.717) is 39.0 Å². The first-order valence-corrected chi connectivity index (χ1v) is 10.6. The van der Waals surface area contributed by atoms with E-state index in [1.54, 1.807) is 41.6 Å². The number of rotatable bonds is 5. The van der Waals surface area contributed by atoms with Gasteiger partial charge in [-0.25, -0.2) is 8.42 Å². The molecule has 1 aliphatic heterocycles. The maximum atomic E-state index is 12.7. The van der Waals surface area contributed by atoms with Gasteiger partial charge in [0.2, 0.25) is 15.9 Å². The second kappa shape index (κ2) is 8.28. The minimum atomic E-state index is -3.52. The van der Waals surface area contributed by atoms with Gasteiger partial charge >= 0.3 is 0 Å². The van der Waals surface area contributed by atoms with Gasteiger partial charge in [-0.3, -0.25) is 9.78 Å². The number of piperazine rings is 1. The summed E-state index contributed by atoms with van der Waals surface area (Å²) >= 11 is 3.31. The van der Waals surface area contributed by atoms with E-state index < -0.39 is 10.0 Å². The number of hydrogen-bond donors (Lipinski definition) is 0. The molecular formula is C18H20BrN3O3S. The Labute approximate surface area is 162 Å². The van der Waals surface area contributed by atoms with Crippen LogP contribution in [0.15, 0.2) is 58.2 Å². The van der Waals surface area contributed by atoms with Gasteiger partial charge in [0.1, 0.15) is 0 Å². The second-order valence-electron chi connectivity index (χ2n) is 6.10. The monoisotopic (exact) mass is 437 g/mol. The molecule has 1 fully saturated rings. The van der Waals surface area contributed by atoms with Crippen molar-refractivity contribution in [3.63, 3.8) is 0 Å². The Morgan fingerprint density at radius 1 is 1.08 bits per heavy atom. The lowest BCUT2D eigenvalue weighted by atomic mass is 10.1. The number of aromatic nitrogens is 1. The fourth-order valence-corrected chi connectivity index (χ4v) is 4.58. The molecule has 138 valence electrons. The number of halogens is 1. The molecule has 1 amide bonds. The van der Waals surface area contributed by atoms with Gasteiger partial charge in [0.15, 0.2) is 0 Å². The molecule has 0 radical (unpaired) electrons. The molecule has 1 aromatic heterocycles. The minimum absolute atomic E-state index is 0.0505. The molecule has 1 saturated heterocycles. The van der Waals surface area contributed by atoms with E-state index in [4.69, 9.17) is 0 Å². The summed E-state index contributed by atoms with van der Waals surface area (Å²) in [6, 6.07) is 10.4.